The summed E-state index contributed by atoms with van der Waals surface area (Å²) in [5.41, 5.74) is 1.63. The lowest BCUT2D eigenvalue weighted by atomic mass is 9.96. The highest BCUT2D eigenvalue weighted by Gasteiger charge is 2.31. The average Bonchev–Trinajstić information content (AvgIpc) is 2.59. The minimum atomic E-state index is -4.83. The molecule has 1 heterocycles. The molecule has 4 nitrogen and oxygen atoms in total. The third kappa shape index (κ3) is 4.48. The van der Waals surface area contributed by atoms with Gasteiger partial charge in [0.25, 0.3) is 0 Å². The van der Waals surface area contributed by atoms with Crippen LogP contribution in [0.4, 0.5) is 17.6 Å². The number of sulfone groups is 1. The number of benzene rings is 2. The maximum atomic E-state index is 14.3. The van der Waals surface area contributed by atoms with E-state index in [1.54, 1.807) is 12.1 Å². The largest absolute Gasteiger partial charge is 0.573 e. The van der Waals surface area contributed by atoms with Crippen LogP contribution >= 0.6 is 0 Å². The van der Waals surface area contributed by atoms with Crippen molar-refractivity contribution < 1.29 is 30.7 Å². The van der Waals surface area contributed by atoms with Crippen LogP contribution in [-0.4, -0.2) is 26.0 Å². The van der Waals surface area contributed by atoms with Crippen molar-refractivity contribution in [3.05, 3.63) is 66.7 Å². The molecule has 0 spiro atoms. The molecule has 1 aromatic heterocycles. The van der Waals surface area contributed by atoms with Crippen LogP contribution in [0.2, 0.25) is 0 Å². The SMILES string of the molecule is CS(=O)(=O)c1ccc(-c2cnccc2-c2cccc(OC(F)(F)F)c2)cc1F. The van der Waals surface area contributed by atoms with Gasteiger partial charge in [0.05, 0.1) is 0 Å². The number of alkyl halides is 3. The lowest BCUT2D eigenvalue weighted by Gasteiger charge is -2.13. The Bertz CT molecular complexity index is 1130. The highest BCUT2D eigenvalue weighted by Crippen LogP contribution is 2.35. The molecule has 0 radical (unpaired) electrons. The lowest BCUT2D eigenvalue weighted by Crippen LogP contribution is -2.17. The second-order valence-electron chi connectivity index (χ2n) is 5.91. The Balaban J connectivity index is 2.08. The molecule has 0 fully saturated rings. The van der Waals surface area contributed by atoms with E-state index in [4.69, 9.17) is 0 Å². The maximum Gasteiger partial charge on any atom is 0.573 e. The van der Waals surface area contributed by atoms with Gasteiger partial charge in [-0.25, -0.2) is 12.8 Å². The van der Waals surface area contributed by atoms with Crippen LogP contribution < -0.4 is 4.74 Å². The zero-order chi connectivity index (χ0) is 20.5. The summed E-state index contributed by atoms with van der Waals surface area (Å²) in [4.78, 5) is 3.54. The summed E-state index contributed by atoms with van der Waals surface area (Å²) < 4.78 is 78.8. The Morgan fingerprint density at radius 2 is 1.68 bits per heavy atom. The van der Waals surface area contributed by atoms with Gasteiger partial charge < -0.3 is 4.74 Å². The van der Waals surface area contributed by atoms with Crippen molar-refractivity contribution in [2.24, 2.45) is 0 Å². The Labute approximate surface area is 158 Å². The fourth-order valence-electron chi connectivity index (χ4n) is 2.71. The highest BCUT2D eigenvalue weighted by atomic mass is 32.2. The molecule has 0 unspecified atom stereocenters. The van der Waals surface area contributed by atoms with Crippen molar-refractivity contribution in [2.75, 3.05) is 6.26 Å². The van der Waals surface area contributed by atoms with Crippen LogP contribution in [0, 0.1) is 5.82 Å². The molecule has 0 aliphatic carbocycles. The van der Waals surface area contributed by atoms with E-state index >= 15 is 0 Å². The molecule has 0 atom stereocenters. The van der Waals surface area contributed by atoms with Crippen molar-refractivity contribution in [2.45, 2.75) is 11.3 Å². The van der Waals surface area contributed by atoms with E-state index < -0.39 is 32.7 Å². The summed E-state index contributed by atoms with van der Waals surface area (Å²) in [6.07, 6.45) is -1.07. The minimum Gasteiger partial charge on any atom is -0.406 e. The van der Waals surface area contributed by atoms with Gasteiger partial charge in [0.15, 0.2) is 9.84 Å². The number of rotatable bonds is 4. The van der Waals surface area contributed by atoms with E-state index in [0.717, 1.165) is 18.4 Å². The van der Waals surface area contributed by atoms with Crippen LogP contribution in [-0.2, 0) is 9.84 Å². The van der Waals surface area contributed by atoms with Crippen LogP contribution in [0.25, 0.3) is 22.3 Å². The van der Waals surface area contributed by atoms with Gasteiger partial charge in [-0.15, -0.1) is 13.2 Å². The number of halogens is 4. The number of ether oxygens (including phenoxy) is 1. The van der Waals surface area contributed by atoms with Gasteiger partial charge in [-0.1, -0.05) is 18.2 Å². The zero-order valence-corrected chi connectivity index (χ0v) is 15.2. The van der Waals surface area contributed by atoms with E-state index in [1.807, 2.05) is 0 Å². The smallest absolute Gasteiger partial charge is 0.406 e. The molecule has 0 N–H and O–H groups in total. The van der Waals surface area contributed by atoms with Gasteiger partial charge in [-0.3, -0.25) is 4.98 Å². The second kappa shape index (κ2) is 7.23. The van der Waals surface area contributed by atoms with E-state index in [2.05, 4.69) is 9.72 Å². The second-order valence-corrected chi connectivity index (χ2v) is 7.90. The average molecular weight is 411 g/mol. The molecule has 0 bridgehead atoms. The zero-order valence-electron chi connectivity index (χ0n) is 14.4. The summed E-state index contributed by atoms with van der Waals surface area (Å²) in [6.45, 7) is 0. The molecule has 146 valence electrons. The molecule has 2 aromatic carbocycles. The summed E-state index contributed by atoms with van der Waals surface area (Å²) >= 11 is 0. The molecule has 28 heavy (non-hydrogen) atoms. The Kier molecular flexibility index (Phi) is 5.12. The number of hydrogen-bond donors (Lipinski definition) is 0. The molecule has 9 heteroatoms. The summed E-state index contributed by atoms with van der Waals surface area (Å²) in [7, 11) is -3.73. The molecule has 0 aliphatic rings. The molecule has 3 rings (SSSR count). The molecule has 0 amide bonds. The number of hydrogen-bond acceptors (Lipinski definition) is 4. The van der Waals surface area contributed by atoms with Crippen LogP contribution in [0.5, 0.6) is 5.75 Å². The van der Waals surface area contributed by atoms with Gasteiger partial charge in [0, 0.05) is 24.2 Å². The summed E-state index contributed by atoms with van der Waals surface area (Å²) in [6, 6.07) is 10.5. The van der Waals surface area contributed by atoms with Crippen molar-refractivity contribution in [3.8, 4) is 28.0 Å². The normalized spacial score (nSPS) is 12.0. The van der Waals surface area contributed by atoms with Gasteiger partial charge in [-0.2, -0.15) is 0 Å². The summed E-state index contributed by atoms with van der Waals surface area (Å²) in [5, 5.41) is 0. The van der Waals surface area contributed by atoms with Crippen LogP contribution in [0.1, 0.15) is 0 Å². The fraction of sp³-hybridized carbons (Fsp3) is 0.105. The first-order chi connectivity index (χ1) is 13.0. The predicted octanol–water partition coefficient (Wildman–Crippen LogP) is 4.86. The molecule has 0 saturated heterocycles. The standard InChI is InChI=1S/C19H13F4NO3S/c1-28(25,26)18-6-5-13(10-17(18)20)16-11-24-8-7-15(16)12-3-2-4-14(9-12)27-19(21,22)23/h2-11H,1H3. The van der Waals surface area contributed by atoms with E-state index in [0.29, 0.717) is 22.3 Å². The summed E-state index contributed by atoms with van der Waals surface area (Å²) in [5.74, 6) is -1.32. The monoisotopic (exact) mass is 411 g/mol. The van der Waals surface area contributed by atoms with Crippen molar-refractivity contribution >= 4 is 9.84 Å². The van der Waals surface area contributed by atoms with Gasteiger partial charge >= 0.3 is 6.36 Å². The van der Waals surface area contributed by atoms with Crippen LogP contribution in [0.15, 0.2) is 65.8 Å². The first-order valence-corrected chi connectivity index (χ1v) is 9.74. The van der Waals surface area contributed by atoms with E-state index in [-0.39, 0.29) is 0 Å². The Morgan fingerprint density at radius 1 is 0.964 bits per heavy atom. The molecule has 0 aliphatic heterocycles. The molecular formula is C19H13F4NO3S. The quantitative estimate of drug-likeness (QED) is 0.576. The maximum absolute atomic E-state index is 14.3. The van der Waals surface area contributed by atoms with Gasteiger partial charge in [-0.05, 0) is 47.0 Å². The third-order valence-corrected chi connectivity index (χ3v) is 4.97. The van der Waals surface area contributed by atoms with E-state index in [9.17, 15) is 26.0 Å². The number of pyridine rings is 1. The van der Waals surface area contributed by atoms with E-state index in [1.165, 1.54) is 36.7 Å². The highest BCUT2D eigenvalue weighted by molar-refractivity contribution is 7.90. The number of nitrogens with zero attached hydrogens (tertiary/aromatic N) is 1. The van der Waals surface area contributed by atoms with Crippen molar-refractivity contribution in [3.63, 3.8) is 0 Å². The lowest BCUT2D eigenvalue weighted by molar-refractivity contribution is -0.274. The first-order valence-electron chi connectivity index (χ1n) is 7.85. The Morgan fingerprint density at radius 3 is 2.32 bits per heavy atom. The fourth-order valence-corrected chi connectivity index (χ4v) is 3.43. The molecule has 0 saturated carbocycles. The van der Waals surface area contributed by atoms with Crippen LogP contribution in [0.3, 0.4) is 0 Å². The third-order valence-electron chi connectivity index (χ3n) is 3.84. The topological polar surface area (TPSA) is 56.3 Å². The van der Waals surface area contributed by atoms with Crippen molar-refractivity contribution in [1.29, 1.82) is 0 Å². The number of aromatic nitrogens is 1. The minimum absolute atomic E-state index is 0.329. The Hall–Kier alpha value is -2.94. The predicted molar refractivity (Wildman–Crippen MR) is 94.9 cm³/mol. The van der Waals surface area contributed by atoms with Gasteiger partial charge in [0.1, 0.15) is 16.5 Å². The molecular weight excluding hydrogens is 398 g/mol. The molecule has 3 aromatic rings. The van der Waals surface area contributed by atoms with Crippen molar-refractivity contribution in [1.82, 2.24) is 4.98 Å². The van der Waals surface area contributed by atoms with Gasteiger partial charge in [0.2, 0.25) is 0 Å². The first kappa shape index (κ1) is 19.8.